The van der Waals surface area contributed by atoms with Crippen LogP contribution in [0, 0.1) is 0 Å². The first-order valence-corrected chi connectivity index (χ1v) is 13.3. The van der Waals surface area contributed by atoms with Crippen molar-refractivity contribution in [3.8, 4) is 11.1 Å². The smallest absolute Gasteiger partial charge is 0.217 e. The molecule has 3 atom stereocenters. The minimum atomic E-state index is -0.525. The van der Waals surface area contributed by atoms with Crippen molar-refractivity contribution in [2.75, 3.05) is 18.1 Å². The Morgan fingerprint density at radius 2 is 1.69 bits per heavy atom. The highest BCUT2D eigenvalue weighted by atomic mass is 32.2. The molecule has 0 aromatic heterocycles. The number of hydrogen-bond acceptors (Lipinski definition) is 6. The second-order valence-corrected chi connectivity index (χ2v) is 10.0. The van der Waals surface area contributed by atoms with E-state index in [9.17, 15) is 15.0 Å². The van der Waals surface area contributed by atoms with Crippen molar-refractivity contribution in [1.82, 2.24) is 5.32 Å². The minimum Gasteiger partial charge on any atom is -0.396 e. The maximum absolute atomic E-state index is 11.3. The fourth-order valence-corrected chi connectivity index (χ4v) is 5.03. The molecule has 1 aliphatic heterocycles. The van der Waals surface area contributed by atoms with Gasteiger partial charge in [0, 0.05) is 37.0 Å². The van der Waals surface area contributed by atoms with Gasteiger partial charge in [-0.3, -0.25) is 4.79 Å². The molecular weight excluding hydrogens is 474 g/mol. The predicted molar refractivity (Wildman–Crippen MR) is 142 cm³/mol. The Morgan fingerprint density at radius 3 is 2.42 bits per heavy atom. The van der Waals surface area contributed by atoms with Crippen LogP contribution >= 0.6 is 11.8 Å². The number of rotatable bonds is 10. The minimum absolute atomic E-state index is 0.0107. The molecule has 1 aliphatic rings. The average molecular weight is 508 g/mol. The van der Waals surface area contributed by atoms with E-state index in [1.54, 1.807) is 11.8 Å². The van der Waals surface area contributed by atoms with Crippen LogP contribution in [0.2, 0.25) is 0 Å². The lowest BCUT2D eigenvalue weighted by atomic mass is 9.99. The van der Waals surface area contributed by atoms with Crippen LogP contribution in [0.5, 0.6) is 0 Å². The van der Waals surface area contributed by atoms with Crippen molar-refractivity contribution in [2.24, 2.45) is 0 Å². The van der Waals surface area contributed by atoms with Crippen molar-refractivity contribution < 1.29 is 24.5 Å². The molecule has 1 amide bonds. The second kappa shape index (κ2) is 13.0. The molecule has 7 heteroatoms. The van der Waals surface area contributed by atoms with Gasteiger partial charge in [0.25, 0.3) is 0 Å². The molecule has 1 fully saturated rings. The van der Waals surface area contributed by atoms with Gasteiger partial charge in [-0.15, -0.1) is 0 Å². The van der Waals surface area contributed by atoms with Crippen LogP contribution in [0.25, 0.3) is 11.1 Å². The molecule has 36 heavy (non-hydrogen) atoms. The van der Waals surface area contributed by atoms with Gasteiger partial charge in [0.2, 0.25) is 5.91 Å². The molecule has 0 saturated carbocycles. The molecule has 4 rings (SSSR count). The standard InChI is InChI=1S/C29H33NO5S/c1-20(33)30-17-22-4-2-5-24(14-22)25-6-3-7-26(15-25)29-34-27(19-36-13-12-31)16-28(35-29)23-10-8-21(18-32)9-11-23/h2-11,14-15,27-29,31-32H,12-13,16-19H2,1H3,(H,30,33). The highest BCUT2D eigenvalue weighted by Crippen LogP contribution is 2.39. The number of nitrogens with one attached hydrogen (secondary N) is 1. The van der Waals surface area contributed by atoms with Crippen molar-refractivity contribution in [3.63, 3.8) is 0 Å². The van der Waals surface area contributed by atoms with Crippen molar-refractivity contribution in [2.45, 2.75) is 45.0 Å². The monoisotopic (exact) mass is 507 g/mol. The normalized spacial score (nSPS) is 19.7. The molecule has 0 aliphatic carbocycles. The first-order chi connectivity index (χ1) is 17.6. The van der Waals surface area contributed by atoms with E-state index in [1.807, 2.05) is 48.5 Å². The van der Waals surface area contributed by atoms with Crippen LogP contribution in [0.1, 0.15) is 48.0 Å². The summed E-state index contributed by atoms with van der Waals surface area (Å²) < 4.78 is 12.8. The van der Waals surface area contributed by atoms with Gasteiger partial charge in [-0.25, -0.2) is 0 Å². The van der Waals surface area contributed by atoms with E-state index >= 15 is 0 Å². The molecule has 3 N–H and O–H groups in total. The Bertz CT molecular complexity index is 1140. The number of aliphatic hydroxyl groups is 2. The van der Waals surface area contributed by atoms with E-state index in [-0.39, 0.29) is 31.3 Å². The van der Waals surface area contributed by atoms with Crippen molar-refractivity contribution >= 4 is 17.7 Å². The third-order valence-electron chi connectivity index (χ3n) is 6.11. The lowest BCUT2D eigenvalue weighted by Crippen LogP contribution is -2.31. The second-order valence-electron chi connectivity index (χ2n) is 8.88. The molecule has 3 aromatic rings. The van der Waals surface area contributed by atoms with Gasteiger partial charge >= 0.3 is 0 Å². The van der Waals surface area contributed by atoms with Crippen LogP contribution in [0.15, 0.2) is 72.8 Å². The van der Waals surface area contributed by atoms with E-state index < -0.39 is 6.29 Å². The molecule has 1 saturated heterocycles. The fraction of sp³-hybridized carbons (Fsp3) is 0.345. The van der Waals surface area contributed by atoms with Gasteiger partial charge in [0.15, 0.2) is 6.29 Å². The van der Waals surface area contributed by atoms with Gasteiger partial charge in [-0.2, -0.15) is 11.8 Å². The summed E-state index contributed by atoms with van der Waals surface area (Å²) in [5.41, 5.74) is 6.00. The molecule has 0 bridgehead atoms. The highest BCUT2D eigenvalue weighted by molar-refractivity contribution is 7.99. The molecule has 1 heterocycles. The number of hydrogen-bond donors (Lipinski definition) is 3. The number of ether oxygens (including phenoxy) is 2. The van der Waals surface area contributed by atoms with Gasteiger partial charge in [-0.1, -0.05) is 60.7 Å². The summed E-state index contributed by atoms with van der Waals surface area (Å²) in [6.07, 6.45) is 0.0370. The molecule has 190 valence electrons. The van der Waals surface area contributed by atoms with Crippen molar-refractivity contribution in [3.05, 3.63) is 95.1 Å². The molecule has 0 spiro atoms. The average Bonchev–Trinajstić information content (AvgIpc) is 2.92. The van der Waals surface area contributed by atoms with Crippen LogP contribution in [0.3, 0.4) is 0 Å². The summed E-state index contributed by atoms with van der Waals surface area (Å²) in [7, 11) is 0. The molecule has 6 nitrogen and oxygen atoms in total. The van der Waals surface area contributed by atoms with Crippen LogP contribution in [0.4, 0.5) is 0 Å². The maximum atomic E-state index is 11.3. The lowest BCUT2D eigenvalue weighted by Gasteiger charge is -2.36. The van der Waals surface area contributed by atoms with E-state index in [4.69, 9.17) is 9.47 Å². The first kappa shape index (κ1) is 26.4. The zero-order chi connectivity index (χ0) is 25.3. The summed E-state index contributed by atoms with van der Waals surface area (Å²) >= 11 is 1.67. The number of thioether (sulfide) groups is 1. The lowest BCUT2D eigenvalue weighted by molar-refractivity contribution is -0.245. The Labute approximate surface area is 216 Å². The summed E-state index contributed by atoms with van der Waals surface area (Å²) in [5.74, 6) is 1.39. The Balaban J connectivity index is 1.56. The van der Waals surface area contributed by atoms with Gasteiger partial charge in [-0.05, 0) is 39.9 Å². The van der Waals surface area contributed by atoms with Gasteiger partial charge < -0.3 is 25.0 Å². The molecule has 3 aromatic carbocycles. The summed E-state index contributed by atoms with van der Waals surface area (Å²) in [6, 6.07) is 24.2. The molecule has 0 radical (unpaired) electrons. The number of amides is 1. The number of benzene rings is 3. The van der Waals surface area contributed by atoms with Gasteiger partial charge in [0.1, 0.15) is 0 Å². The zero-order valence-electron chi connectivity index (χ0n) is 20.4. The largest absolute Gasteiger partial charge is 0.396 e. The fourth-order valence-electron chi connectivity index (χ4n) is 4.25. The molecule has 3 unspecified atom stereocenters. The SMILES string of the molecule is CC(=O)NCc1cccc(-c2cccc(C3OC(CSCCO)CC(c4ccc(CO)cc4)O3)c2)c1. The van der Waals surface area contributed by atoms with E-state index in [2.05, 4.69) is 29.6 Å². The molecular formula is C29H33NO5S. The zero-order valence-corrected chi connectivity index (χ0v) is 21.2. The maximum Gasteiger partial charge on any atom is 0.217 e. The van der Waals surface area contributed by atoms with Crippen LogP contribution in [-0.2, 0) is 27.4 Å². The Hall–Kier alpha value is -2.68. The number of carbonyl (C=O) groups is 1. The van der Waals surface area contributed by atoms with E-state index in [0.717, 1.165) is 45.6 Å². The number of carbonyl (C=O) groups excluding carboxylic acids is 1. The summed E-state index contributed by atoms with van der Waals surface area (Å²) in [4.78, 5) is 11.3. The third-order valence-corrected chi connectivity index (χ3v) is 7.19. The van der Waals surface area contributed by atoms with Crippen molar-refractivity contribution in [1.29, 1.82) is 0 Å². The van der Waals surface area contributed by atoms with Gasteiger partial charge in [0.05, 0.1) is 25.4 Å². The summed E-state index contributed by atoms with van der Waals surface area (Å²) in [6.45, 7) is 2.16. The van der Waals surface area contributed by atoms with E-state index in [1.165, 1.54) is 6.92 Å². The first-order valence-electron chi connectivity index (χ1n) is 12.2. The van der Waals surface area contributed by atoms with Crippen LogP contribution < -0.4 is 5.32 Å². The number of aliphatic hydroxyl groups excluding tert-OH is 2. The highest BCUT2D eigenvalue weighted by Gasteiger charge is 2.32. The predicted octanol–water partition coefficient (Wildman–Crippen LogP) is 4.75. The third kappa shape index (κ3) is 7.18. The topological polar surface area (TPSA) is 88.0 Å². The Kier molecular flexibility index (Phi) is 9.55. The Morgan fingerprint density at radius 1 is 0.944 bits per heavy atom. The quantitative estimate of drug-likeness (QED) is 0.343. The van der Waals surface area contributed by atoms with E-state index in [0.29, 0.717) is 12.3 Å². The van der Waals surface area contributed by atoms with Crippen LogP contribution in [-0.4, -0.2) is 40.3 Å². The summed E-state index contributed by atoms with van der Waals surface area (Å²) in [5, 5.41) is 21.4.